The fourth-order valence-electron chi connectivity index (χ4n) is 1.10. The van der Waals surface area contributed by atoms with E-state index < -0.39 is 0 Å². The summed E-state index contributed by atoms with van der Waals surface area (Å²) in [5, 5.41) is 0. The molecule has 1 heterocycles. The van der Waals surface area contributed by atoms with Gasteiger partial charge in [-0.3, -0.25) is 0 Å². The van der Waals surface area contributed by atoms with Gasteiger partial charge >= 0.3 is 0 Å². The largest absolute Gasteiger partial charge is 0.304 e. The van der Waals surface area contributed by atoms with Crippen LogP contribution in [0.15, 0.2) is 0 Å². The van der Waals surface area contributed by atoms with Crippen LogP contribution in [0.1, 0.15) is 0 Å². The predicted molar refractivity (Wildman–Crippen MR) is 39.3 cm³/mol. The topological polar surface area (TPSA) is 6.48 Å². The van der Waals surface area contributed by atoms with Crippen LogP contribution >= 0.6 is 0 Å². The number of hydrogen-bond donors (Lipinski definition) is 0. The maximum Gasteiger partial charge on any atom is 0.0221 e. The number of nitrogens with zero attached hydrogens (tertiary/aromatic N) is 2. The molecule has 0 aromatic rings. The second-order valence-electron chi connectivity index (χ2n) is 2.90. The smallest absolute Gasteiger partial charge is 0.0221 e. The summed E-state index contributed by atoms with van der Waals surface area (Å²) in [6.07, 6.45) is 0. The summed E-state index contributed by atoms with van der Waals surface area (Å²) in [6, 6.07) is 0.490. The van der Waals surface area contributed by atoms with Gasteiger partial charge in [-0.1, -0.05) is 0 Å². The molecule has 1 saturated heterocycles. The van der Waals surface area contributed by atoms with Crippen LogP contribution in [0.4, 0.5) is 0 Å². The summed E-state index contributed by atoms with van der Waals surface area (Å²) in [5.74, 6) is 0. The van der Waals surface area contributed by atoms with Crippen LogP contribution in [-0.4, -0.2) is 49.6 Å². The van der Waals surface area contributed by atoms with Crippen LogP contribution in [0.2, 0.25) is 0 Å². The highest BCUT2D eigenvalue weighted by Gasteiger charge is 2.16. The van der Waals surface area contributed by atoms with Gasteiger partial charge in [0, 0.05) is 25.7 Å². The van der Waals surface area contributed by atoms with E-state index in [0.717, 1.165) is 13.1 Å². The molecule has 9 heavy (non-hydrogen) atoms. The Morgan fingerprint density at radius 2 is 2.00 bits per heavy atom. The van der Waals surface area contributed by atoms with Crippen LogP contribution in [0.5, 0.6) is 0 Å². The molecule has 1 rings (SSSR count). The first-order valence-corrected chi connectivity index (χ1v) is 3.42. The van der Waals surface area contributed by atoms with Crippen molar-refractivity contribution in [3.63, 3.8) is 0 Å². The average molecular weight is 127 g/mol. The zero-order valence-electron chi connectivity index (χ0n) is 6.30. The van der Waals surface area contributed by atoms with Gasteiger partial charge in [-0.15, -0.1) is 0 Å². The van der Waals surface area contributed by atoms with E-state index in [4.69, 9.17) is 0 Å². The van der Waals surface area contributed by atoms with Gasteiger partial charge in [0.25, 0.3) is 0 Å². The lowest BCUT2D eigenvalue weighted by Gasteiger charge is -2.35. The van der Waals surface area contributed by atoms with Crippen molar-refractivity contribution in [2.75, 3.05) is 33.7 Å². The molecule has 1 unspecified atom stereocenters. The molecule has 2 heteroatoms. The summed E-state index contributed by atoms with van der Waals surface area (Å²) in [5.41, 5.74) is 0. The molecule has 1 aliphatic heterocycles. The van der Waals surface area contributed by atoms with E-state index in [9.17, 15) is 0 Å². The third-order valence-corrected chi connectivity index (χ3v) is 1.98. The van der Waals surface area contributed by atoms with Gasteiger partial charge < -0.3 is 9.80 Å². The summed E-state index contributed by atoms with van der Waals surface area (Å²) in [7, 11) is 4.27. The van der Waals surface area contributed by atoms with Crippen molar-refractivity contribution in [3.8, 4) is 0 Å². The zero-order valence-corrected chi connectivity index (χ0v) is 6.30. The molecular weight excluding hydrogens is 112 g/mol. The molecule has 0 N–H and O–H groups in total. The minimum Gasteiger partial charge on any atom is -0.304 e. The maximum atomic E-state index is 4.01. The minimum absolute atomic E-state index is 0.490. The zero-order chi connectivity index (χ0) is 6.85. The molecule has 1 radical (unpaired) electrons. The fourth-order valence-corrected chi connectivity index (χ4v) is 1.10. The van der Waals surface area contributed by atoms with Crippen molar-refractivity contribution in [1.29, 1.82) is 0 Å². The molecule has 1 aliphatic rings. The van der Waals surface area contributed by atoms with Crippen LogP contribution in [0.25, 0.3) is 0 Å². The second-order valence-corrected chi connectivity index (χ2v) is 2.90. The minimum atomic E-state index is 0.490. The number of hydrogen-bond acceptors (Lipinski definition) is 2. The summed E-state index contributed by atoms with van der Waals surface area (Å²) >= 11 is 0. The van der Waals surface area contributed by atoms with E-state index in [1.165, 1.54) is 6.54 Å². The SMILES string of the molecule is [CH2]C1CN(C)CCN1C. The Morgan fingerprint density at radius 1 is 1.33 bits per heavy atom. The van der Waals surface area contributed by atoms with Gasteiger partial charge in [0.05, 0.1) is 0 Å². The van der Waals surface area contributed by atoms with Crippen LogP contribution in [-0.2, 0) is 0 Å². The first-order valence-electron chi connectivity index (χ1n) is 3.42. The Balaban J connectivity index is 2.35. The molecule has 0 aromatic heterocycles. The lowest BCUT2D eigenvalue weighted by Crippen LogP contribution is -2.48. The van der Waals surface area contributed by atoms with Crippen LogP contribution in [0.3, 0.4) is 0 Å². The van der Waals surface area contributed by atoms with Crippen molar-refractivity contribution >= 4 is 0 Å². The fraction of sp³-hybridized carbons (Fsp3) is 0.857. The lowest BCUT2D eigenvalue weighted by atomic mass is 10.2. The van der Waals surface area contributed by atoms with Gasteiger partial charge in [-0.05, 0) is 21.0 Å². The molecule has 0 bridgehead atoms. The van der Waals surface area contributed by atoms with Crippen LogP contribution < -0.4 is 0 Å². The van der Waals surface area contributed by atoms with E-state index in [1.54, 1.807) is 0 Å². The lowest BCUT2D eigenvalue weighted by molar-refractivity contribution is 0.139. The Morgan fingerprint density at radius 3 is 2.44 bits per heavy atom. The third kappa shape index (κ3) is 1.66. The van der Waals surface area contributed by atoms with Crippen molar-refractivity contribution in [2.45, 2.75) is 6.04 Å². The molecule has 0 aliphatic carbocycles. The summed E-state index contributed by atoms with van der Waals surface area (Å²) in [6.45, 7) is 7.46. The highest BCUT2D eigenvalue weighted by Crippen LogP contribution is 2.02. The van der Waals surface area contributed by atoms with E-state index in [0.29, 0.717) is 6.04 Å². The molecule has 0 amide bonds. The number of piperazine rings is 1. The van der Waals surface area contributed by atoms with E-state index >= 15 is 0 Å². The molecule has 1 atom stereocenters. The Hall–Kier alpha value is -0.0800. The van der Waals surface area contributed by atoms with Gasteiger partial charge in [0.1, 0.15) is 0 Å². The van der Waals surface area contributed by atoms with Crippen molar-refractivity contribution in [2.24, 2.45) is 0 Å². The highest BCUT2D eigenvalue weighted by atomic mass is 15.3. The number of rotatable bonds is 0. The van der Waals surface area contributed by atoms with Crippen molar-refractivity contribution in [3.05, 3.63) is 6.92 Å². The molecule has 1 fully saturated rings. The first-order chi connectivity index (χ1) is 4.20. The average Bonchev–Trinajstić information content (AvgIpc) is 1.80. The van der Waals surface area contributed by atoms with Gasteiger partial charge in [0.15, 0.2) is 0 Å². The molecule has 0 saturated carbocycles. The normalized spacial score (nSPS) is 33.0. The van der Waals surface area contributed by atoms with Gasteiger partial charge in [-0.2, -0.15) is 0 Å². The predicted octanol–water partition coefficient (Wildman–Crippen LogP) is 0.0663. The molecule has 53 valence electrons. The first kappa shape index (κ1) is 7.03. The van der Waals surface area contributed by atoms with Gasteiger partial charge in [-0.25, -0.2) is 0 Å². The molecule has 0 spiro atoms. The Kier molecular flexibility index (Phi) is 2.09. The van der Waals surface area contributed by atoms with Gasteiger partial charge in [0.2, 0.25) is 0 Å². The third-order valence-electron chi connectivity index (χ3n) is 1.98. The van der Waals surface area contributed by atoms with Crippen molar-refractivity contribution in [1.82, 2.24) is 9.80 Å². The Labute approximate surface area is 57.4 Å². The monoisotopic (exact) mass is 127 g/mol. The summed E-state index contributed by atoms with van der Waals surface area (Å²) in [4.78, 5) is 4.61. The summed E-state index contributed by atoms with van der Waals surface area (Å²) < 4.78 is 0. The number of likely N-dealkylation sites (N-methyl/N-ethyl adjacent to an activating group) is 2. The van der Waals surface area contributed by atoms with Crippen LogP contribution in [0, 0.1) is 6.92 Å². The standard InChI is InChI=1S/C7H15N2/c1-7-6-8(2)4-5-9(7)3/h7H,1,4-6H2,2-3H3. The van der Waals surface area contributed by atoms with Crippen molar-refractivity contribution < 1.29 is 0 Å². The van der Waals surface area contributed by atoms with E-state index in [2.05, 4.69) is 30.8 Å². The van der Waals surface area contributed by atoms with E-state index in [1.807, 2.05) is 0 Å². The highest BCUT2D eigenvalue weighted by molar-refractivity contribution is 4.79. The quantitative estimate of drug-likeness (QED) is 0.454. The molecule has 0 aromatic carbocycles. The maximum absolute atomic E-state index is 4.01. The second kappa shape index (κ2) is 2.67. The molecule has 2 nitrogen and oxygen atoms in total. The molecular formula is C7H15N2. The Bertz CT molecular complexity index is 92.9. The van der Waals surface area contributed by atoms with E-state index in [-0.39, 0.29) is 0 Å².